The van der Waals surface area contributed by atoms with Gasteiger partial charge < -0.3 is 5.32 Å². The quantitative estimate of drug-likeness (QED) is 0.568. The normalized spacial score (nSPS) is 11.2. The topological polar surface area (TPSA) is 140 Å². The minimum Gasteiger partial charge on any atom is -0.306 e. The number of fused-ring (bicyclic) bond motifs is 1. The zero-order valence-electron chi connectivity index (χ0n) is 15.6. The maximum atomic E-state index is 12.8. The molecular formula is C19H16N6O3S2. The standard InChI is InChI=1S/C19H16N6O3S2/c20-8-1-10-25(11-2-9-21)30(27,28)15-5-3-14(4-6-15)18(26)24-17-16-7-12-29-19(16)23-13-22-17/h3-7,12-13H,1-2,10-11H2,(H,22,23,24,26). The molecule has 0 fully saturated rings. The number of carbonyl (C=O) groups is 1. The second kappa shape index (κ2) is 9.41. The Morgan fingerprint density at radius 2 is 1.73 bits per heavy atom. The minimum absolute atomic E-state index is 0.00684. The summed E-state index contributed by atoms with van der Waals surface area (Å²) in [5, 5.41) is 22.8. The second-order valence-electron chi connectivity index (χ2n) is 6.06. The number of hydrogen-bond donors (Lipinski definition) is 1. The molecule has 0 aliphatic rings. The molecule has 152 valence electrons. The number of aromatic nitrogens is 2. The molecule has 1 amide bonds. The maximum absolute atomic E-state index is 12.8. The summed E-state index contributed by atoms with van der Waals surface area (Å²) >= 11 is 1.43. The molecule has 2 aromatic heterocycles. The first-order valence-electron chi connectivity index (χ1n) is 8.81. The minimum atomic E-state index is -3.89. The molecular weight excluding hydrogens is 424 g/mol. The number of nitrogens with zero attached hydrogens (tertiary/aromatic N) is 5. The monoisotopic (exact) mass is 440 g/mol. The third-order valence-corrected chi connectivity index (χ3v) is 6.93. The molecule has 0 bridgehead atoms. The van der Waals surface area contributed by atoms with Crippen molar-refractivity contribution < 1.29 is 13.2 Å². The van der Waals surface area contributed by atoms with Gasteiger partial charge in [-0.2, -0.15) is 14.8 Å². The number of thiophene rings is 1. The van der Waals surface area contributed by atoms with Gasteiger partial charge in [-0.15, -0.1) is 11.3 Å². The van der Waals surface area contributed by atoms with Crippen LogP contribution in [0.5, 0.6) is 0 Å². The van der Waals surface area contributed by atoms with E-state index in [1.54, 1.807) is 0 Å². The van der Waals surface area contributed by atoms with Gasteiger partial charge in [-0.05, 0) is 35.7 Å². The molecule has 2 heterocycles. The number of carbonyl (C=O) groups excluding carboxylic acids is 1. The van der Waals surface area contributed by atoms with Gasteiger partial charge in [0.05, 0.1) is 22.4 Å². The summed E-state index contributed by atoms with van der Waals surface area (Å²) in [6.07, 6.45) is 1.39. The lowest BCUT2D eigenvalue weighted by molar-refractivity contribution is 0.102. The van der Waals surface area contributed by atoms with Gasteiger partial charge >= 0.3 is 0 Å². The first kappa shape index (κ1) is 21.3. The van der Waals surface area contributed by atoms with E-state index in [1.165, 1.54) is 41.9 Å². The maximum Gasteiger partial charge on any atom is 0.256 e. The lowest BCUT2D eigenvalue weighted by Gasteiger charge is -2.20. The van der Waals surface area contributed by atoms with Crippen molar-refractivity contribution in [2.75, 3.05) is 18.4 Å². The molecule has 0 saturated carbocycles. The zero-order chi connectivity index (χ0) is 21.6. The highest BCUT2D eigenvalue weighted by atomic mass is 32.2. The third kappa shape index (κ3) is 4.60. The Balaban J connectivity index is 1.79. The Bertz CT molecular complexity index is 1220. The van der Waals surface area contributed by atoms with Crippen LogP contribution in [0.25, 0.3) is 10.2 Å². The fourth-order valence-corrected chi connectivity index (χ4v) is 4.87. The number of benzene rings is 1. The first-order chi connectivity index (χ1) is 14.5. The van der Waals surface area contributed by atoms with Crippen LogP contribution in [-0.4, -0.2) is 41.7 Å². The molecule has 0 atom stereocenters. The lowest BCUT2D eigenvalue weighted by Crippen LogP contribution is -2.32. The molecule has 1 aromatic carbocycles. The summed E-state index contributed by atoms with van der Waals surface area (Å²) in [7, 11) is -3.89. The summed E-state index contributed by atoms with van der Waals surface area (Å²) in [6.45, 7) is -0.0137. The number of hydrogen-bond acceptors (Lipinski definition) is 8. The van der Waals surface area contributed by atoms with Crippen LogP contribution < -0.4 is 5.32 Å². The van der Waals surface area contributed by atoms with Gasteiger partial charge in [-0.1, -0.05) is 0 Å². The van der Waals surface area contributed by atoms with Crippen molar-refractivity contribution in [3.63, 3.8) is 0 Å². The molecule has 3 rings (SSSR count). The van der Waals surface area contributed by atoms with Gasteiger partial charge in [0.25, 0.3) is 5.91 Å². The second-order valence-corrected chi connectivity index (χ2v) is 8.89. The molecule has 0 aliphatic heterocycles. The van der Waals surface area contributed by atoms with Crippen molar-refractivity contribution in [1.29, 1.82) is 10.5 Å². The molecule has 1 N–H and O–H groups in total. The molecule has 0 radical (unpaired) electrons. The van der Waals surface area contributed by atoms with E-state index in [-0.39, 0.29) is 36.4 Å². The van der Waals surface area contributed by atoms with Gasteiger partial charge in [0.15, 0.2) is 0 Å². The summed E-state index contributed by atoms with van der Waals surface area (Å²) in [5.74, 6) is -0.0573. The average Bonchev–Trinajstić information content (AvgIpc) is 3.23. The predicted octanol–water partition coefficient (Wildman–Crippen LogP) is 2.76. The Hall–Kier alpha value is -3.38. The van der Waals surface area contributed by atoms with Gasteiger partial charge in [-0.3, -0.25) is 4.79 Å². The Morgan fingerprint density at radius 3 is 2.37 bits per heavy atom. The zero-order valence-corrected chi connectivity index (χ0v) is 17.3. The SMILES string of the molecule is N#CCCN(CCC#N)S(=O)(=O)c1ccc(C(=O)Nc2ncnc3sccc23)cc1. The van der Waals surface area contributed by atoms with Gasteiger partial charge in [0, 0.05) is 31.5 Å². The largest absolute Gasteiger partial charge is 0.306 e. The smallest absolute Gasteiger partial charge is 0.256 e. The van der Waals surface area contributed by atoms with Crippen molar-refractivity contribution in [3.05, 3.63) is 47.6 Å². The summed E-state index contributed by atoms with van der Waals surface area (Å²) in [6, 6.07) is 11.1. The molecule has 0 spiro atoms. The number of rotatable bonds is 8. The molecule has 0 unspecified atom stereocenters. The molecule has 0 aliphatic carbocycles. The summed E-state index contributed by atoms with van der Waals surface area (Å²) in [4.78, 5) is 21.5. The molecule has 11 heteroatoms. The molecule has 30 heavy (non-hydrogen) atoms. The number of anilines is 1. The van der Waals surface area contributed by atoms with E-state index < -0.39 is 15.9 Å². The van der Waals surface area contributed by atoms with E-state index in [4.69, 9.17) is 10.5 Å². The van der Waals surface area contributed by atoms with Crippen LogP contribution in [0, 0.1) is 22.7 Å². The van der Waals surface area contributed by atoms with Crippen molar-refractivity contribution >= 4 is 43.3 Å². The van der Waals surface area contributed by atoms with Crippen LogP contribution in [0.4, 0.5) is 5.82 Å². The fraction of sp³-hybridized carbons (Fsp3) is 0.211. The Labute approximate surface area is 177 Å². The molecule has 0 saturated heterocycles. The predicted molar refractivity (Wildman–Crippen MR) is 111 cm³/mol. The van der Waals surface area contributed by atoms with Crippen LogP contribution in [0.15, 0.2) is 46.9 Å². The summed E-state index contributed by atoms with van der Waals surface area (Å²) < 4.78 is 26.7. The van der Waals surface area contributed by atoms with E-state index in [9.17, 15) is 13.2 Å². The van der Waals surface area contributed by atoms with Crippen LogP contribution in [-0.2, 0) is 10.0 Å². The van der Waals surface area contributed by atoms with Gasteiger partial charge in [0.2, 0.25) is 10.0 Å². The highest BCUT2D eigenvalue weighted by Crippen LogP contribution is 2.24. The molecule has 9 nitrogen and oxygen atoms in total. The van der Waals surface area contributed by atoms with E-state index >= 15 is 0 Å². The number of nitrogens with one attached hydrogen (secondary N) is 1. The van der Waals surface area contributed by atoms with Crippen molar-refractivity contribution in [2.45, 2.75) is 17.7 Å². The van der Waals surface area contributed by atoms with Gasteiger partial charge in [-0.25, -0.2) is 18.4 Å². The fourth-order valence-electron chi connectivity index (χ4n) is 2.70. The van der Waals surface area contributed by atoms with Crippen LogP contribution >= 0.6 is 11.3 Å². The van der Waals surface area contributed by atoms with Crippen LogP contribution in [0.1, 0.15) is 23.2 Å². The average molecular weight is 441 g/mol. The van der Waals surface area contributed by atoms with Crippen LogP contribution in [0.3, 0.4) is 0 Å². The highest BCUT2D eigenvalue weighted by molar-refractivity contribution is 7.89. The van der Waals surface area contributed by atoms with E-state index in [1.807, 2.05) is 23.6 Å². The lowest BCUT2D eigenvalue weighted by atomic mass is 10.2. The van der Waals surface area contributed by atoms with Crippen molar-refractivity contribution in [2.24, 2.45) is 0 Å². The van der Waals surface area contributed by atoms with E-state index in [0.717, 1.165) is 14.5 Å². The van der Waals surface area contributed by atoms with Crippen molar-refractivity contribution in [1.82, 2.24) is 14.3 Å². The number of nitriles is 2. The Kier molecular flexibility index (Phi) is 6.69. The molecule has 3 aromatic rings. The number of sulfonamides is 1. The van der Waals surface area contributed by atoms with Gasteiger partial charge in [0.1, 0.15) is 17.0 Å². The summed E-state index contributed by atoms with van der Waals surface area (Å²) in [5.41, 5.74) is 0.261. The third-order valence-electron chi connectivity index (χ3n) is 4.19. The van der Waals surface area contributed by atoms with E-state index in [2.05, 4.69) is 15.3 Å². The highest BCUT2D eigenvalue weighted by Gasteiger charge is 2.24. The van der Waals surface area contributed by atoms with Crippen LogP contribution in [0.2, 0.25) is 0 Å². The number of amides is 1. The van der Waals surface area contributed by atoms with E-state index in [0.29, 0.717) is 5.82 Å². The first-order valence-corrected chi connectivity index (χ1v) is 11.1. The van der Waals surface area contributed by atoms with Crippen molar-refractivity contribution in [3.8, 4) is 12.1 Å². The Morgan fingerprint density at radius 1 is 1.07 bits per heavy atom.